The van der Waals surface area contributed by atoms with Gasteiger partial charge in [-0.15, -0.1) is 197 Å². The predicted octanol–water partition coefficient (Wildman–Crippen LogP) is 29.1. The first-order chi connectivity index (χ1) is 64.8. The quantitative estimate of drug-likeness (QED) is 0.113. The predicted molar refractivity (Wildman–Crippen MR) is 493 cm³/mol. The third-order valence-corrected chi connectivity index (χ3v) is 21.9. The minimum Gasteiger partial charge on any atom is -0.501 e. The molecule has 3 saturated carbocycles. The van der Waals surface area contributed by atoms with Gasteiger partial charge in [0.15, 0.2) is 0 Å². The molecule has 3 aliphatic carbocycles. The Kier molecular flexibility index (Phi) is 27.3. The number of furan rings is 1. The molecule has 0 amide bonds. The normalized spacial score (nSPS) is 21.9. The molecule has 10 heteroatoms. The molecule has 17 aromatic rings. The Morgan fingerprint density at radius 1 is 0.285 bits per heavy atom. The van der Waals surface area contributed by atoms with Crippen LogP contribution in [-0.2, 0) is 60.3 Å². The summed E-state index contributed by atoms with van der Waals surface area (Å²) in [4.78, 5) is 26.2. The molecular formula is C113H102Ir3N6O-6. The maximum absolute atomic E-state index is 9.13. The number of pyridine rings is 6. The minimum absolute atomic E-state index is 0. The minimum atomic E-state index is -2.19. The Bertz CT molecular complexity index is 6550. The molecule has 0 spiro atoms. The summed E-state index contributed by atoms with van der Waals surface area (Å²) in [7, 11) is 0. The SMILES string of the molecule is [2H]C([2H])([2H])c1c[c-]c(-c2cc(C)c(C([2H])([2H])[2H])cn2)cc1.[2H]C([2H])([2H])c1cnc(-c2[c-]cccc2)cc1C.[2H]C1(c2ccccc2)CCC([2H])(c2ccc(-c3[c-]ccc4c3oc3ccccc34)nc2)CC1.[2H]C1(c2ccccc2)CCC([2H])(c2ccnc(-c3[c-]cccc3)c2)CC1.[2H]C1(c2ccccc2)CCC([2H])(c2ccnc(-c3[c-]cccc3)c2)CC1.[Ir].[Ir].[Ir].[c-]1ccccc1-c1ccccn1. The van der Waals surface area contributed by atoms with Crippen LogP contribution in [0, 0.1) is 70.8 Å². The average Bonchev–Trinajstić information content (AvgIpc) is 1.59. The molecule has 7 aromatic heterocycles. The summed E-state index contributed by atoms with van der Waals surface area (Å²) in [6, 6.07) is 118. The fraction of sp³-hybridized carbons (Fsp3) is 0.204. The zero-order valence-corrected chi connectivity index (χ0v) is 75.7. The Hall–Kier alpha value is -11.2. The third kappa shape index (κ3) is 24.9. The molecule has 0 saturated heterocycles. The van der Waals surface area contributed by atoms with Crippen molar-refractivity contribution in [2.75, 3.05) is 0 Å². The van der Waals surface area contributed by atoms with Crippen LogP contribution in [0.25, 0.3) is 89.5 Å². The summed E-state index contributed by atoms with van der Waals surface area (Å²) in [6.07, 6.45) is 18.2. The first-order valence-corrected chi connectivity index (χ1v) is 40.9. The van der Waals surface area contributed by atoms with Crippen molar-refractivity contribution in [2.45, 2.75) is 147 Å². The van der Waals surface area contributed by atoms with Crippen LogP contribution < -0.4 is 0 Å². The average molecular weight is 2150 g/mol. The largest absolute Gasteiger partial charge is 0.501 e. The number of hydrogen-bond acceptors (Lipinski definition) is 7. The van der Waals surface area contributed by atoms with Crippen LogP contribution in [0.15, 0.2) is 351 Å². The summed E-state index contributed by atoms with van der Waals surface area (Å²) in [5, 5.41) is 2.14. The molecule has 3 aliphatic rings. The molecule has 20 rings (SSSR count). The van der Waals surface area contributed by atoms with E-state index in [1.807, 2.05) is 279 Å². The van der Waals surface area contributed by atoms with E-state index in [2.05, 4.69) is 67.4 Å². The summed E-state index contributed by atoms with van der Waals surface area (Å²) >= 11 is 0. The molecule has 7 heterocycles. The number of hydrogen-bond donors (Lipinski definition) is 0. The van der Waals surface area contributed by atoms with Gasteiger partial charge in [-0.1, -0.05) is 198 Å². The molecule has 0 aliphatic heterocycles. The number of aromatic nitrogens is 6. The van der Waals surface area contributed by atoms with Gasteiger partial charge in [-0.05, 0) is 232 Å². The van der Waals surface area contributed by atoms with E-state index in [1.165, 1.54) is 24.5 Å². The van der Waals surface area contributed by atoms with Crippen LogP contribution in [0.3, 0.4) is 0 Å². The van der Waals surface area contributed by atoms with Crippen LogP contribution in [0.4, 0.5) is 0 Å². The van der Waals surface area contributed by atoms with Crippen LogP contribution in [0.5, 0.6) is 0 Å². The van der Waals surface area contributed by atoms with Crippen molar-refractivity contribution >= 4 is 21.9 Å². The Balaban J connectivity index is 0.000000151. The molecule has 3 fully saturated rings. The molecule has 0 bridgehead atoms. The molecule has 0 N–H and O–H groups in total. The van der Waals surface area contributed by atoms with E-state index in [1.54, 1.807) is 50.6 Å². The van der Waals surface area contributed by atoms with Crippen LogP contribution >= 0.6 is 0 Å². The summed E-state index contributed by atoms with van der Waals surface area (Å²) in [6.45, 7) is -2.95. The Labute approximate surface area is 790 Å². The van der Waals surface area contributed by atoms with Gasteiger partial charge in [-0.2, -0.15) is 0 Å². The molecule has 0 atom stereocenters. The first kappa shape index (κ1) is 72.3. The van der Waals surface area contributed by atoms with Crippen LogP contribution in [0.2, 0.25) is 0 Å². The monoisotopic (exact) mass is 2150 g/mol. The van der Waals surface area contributed by atoms with Gasteiger partial charge < -0.3 is 34.3 Å². The van der Waals surface area contributed by atoms with E-state index >= 15 is 0 Å². The van der Waals surface area contributed by atoms with E-state index in [4.69, 9.17) is 30.0 Å². The zero-order valence-electron chi connectivity index (χ0n) is 83.5. The van der Waals surface area contributed by atoms with Crippen molar-refractivity contribution in [3.8, 4) is 67.5 Å². The molecule has 123 heavy (non-hydrogen) atoms. The van der Waals surface area contributed by atoms with Gasteiger partial charge in [0.05, 0.1) is 5.58 Å². The van der Waals surface area contributed by atoms with Crippen LogP contribution in [0.1, 0.15) is 194 Å². The molecular weight excluding hydrogens is 2030 g/mol. The summed E-state index contributed by atoms with van der Waals surface area (Å²) in [5.74, 6) is -3.76. The Morgan fingerprint density at radius 3 is 1.08 bits per heavy atom. The van der Waals surface area contributed by atoms with Crippen molar-refractivity contribution in [1.82, 2.24) is 29.9 Å². The Morgan fingerprint density at radius 2 is 0.683 bits per heavy atom. The number of fused-ring (bicyclic) bond motifs is 3. The number of aryl methyl sites for hydroxylation is 5. The van der Waals surface area contributed by atoms with E-state index in [9.17, 15) is 0 Å². The maximum atomic E-state index is 9.13. The standard InChI is InChI=1S/C29H24NO.2C23H22N.C14H14N.C13H12N.C11H8N.3Ir/c1-2-7-20(8-3-1)21-13-15-22(16-14-21)23-17-18-27(30-19-23)26-11-6-10-25-24-9-4-5-12-28(24)31-29(25)26;2*1-3-7-18(8-4-1)19-11-13-20(14-12-19)22-15-16-24-23(17-22)21-9-5-2-6-10-21;1-10-4-6-13(7-5-10)14-8-11(2)12(3)9-15-14;1-10-8-13(14-9-11(10)2)12-6-4-3-5-7-12;1-2-6-10(7-3-1)11-8-4-5-9-12-11;;;/h1-10,12,17-19,21-22H,13-16H2;2*1-9,15-17,19-20H,11-14H2;4-6,8-9H,1-3H3;3-6,8-9H,1-2H3;1-6,8-9H;;;/q6*-1;;;/i21D,22D;2*19D,20D;1D3,3D3;2D3;;;;. The van der Waals surface area contributed by atoms with Gasteiger partial charge in [-0.25, -0.2) is 0 Å². The smallest absolute Gasteiger partial charge is 0.120 e. The number of nitrogens with zero attached hydrogens (tertiary/aromatic N) is 6. The first-order valence-electron chi connectivity index (χ1n) is 48.4. The number of benzene rings is 10. The van der Waals surface area contributed by atoms with E-state index < -0.39 is 55.9 Å². The molecule has 7 nitrogen and oxygen atoms in total. The number of rotatable bonds is 12. The van der Waals surface area contributed by atoms with Crippen LogP contribution in [-0.4, -0.2) is 29.9 Å². The second kappa shape index (κ2) is 46.4. The second-order valence-electron chi connectivity index (χ2n) is 29.8. The fourth-order valence-corrected chi connectivity index (χ4v) is 15.3. The van der Waals surface area contributed by atoms with Gasteiger partial charge in [-0.3, -0.25) is 0 Å². The van der Waals surface area contributed by atoms with Crippen molar-refractivity contribution < 1.29 is 85.3 Å². The van der Waals surface area contributed by atoms with Gasteiger partial charge in [0, 0.05) is 123 Å². The van der Waals surface area contributed by atoms with Gasteiger partial charge in [0.2, 0.25) is 0 Å². The van der Waals surface area contributed by atoms with Crippen molar-refractivity contribution in [2.24, 2.45) is 0 Å². The zero-order chi connectivity index (χ0) is 95.1. The summed E-state index contributed by atoms with van der Waals surface area (Å²) < 4.78 is 126. The van der Waals surface area contributed by atoms with Gasteiger partial charge in [0.25, 0.3) is 0 Å². The van der Waals surface area contributed by atoms with E-state index in [0.717, 1.165) is 117 Å². The maximum Gasteiger partial charge on any atom is 0.120 e. The molecule has 10 aromatic carbocycles. The molecule has 623 valence electrons. The number of para-hydroxylation sites is 1. The van der Waals surface area contributed by atoms with E-state index in [-0.39, 0.29) is 71.4 Å². The van der Waals surface area contributed by atoms with Crippen molar-refractivity contribution in [3.63, 3.8) is 0 Å². The second-order valence-corrected chi connectivity index (χ2v) is 29.8. The molecule has 3 radical (unpaired) electrons. The van der Waals surface area contributed by atoms with Gasteiger partial charge >= 0.3 is 0 Å². The summed E-state index contributed by atoms with van der Waals surface area (Å²) in [5.41, 5.74) is 19.9. The third-order valence-electron chi connectivity index (χ3n) is 21.9. The van der Waals surface area contributed by atoms with E-state index in [0.29, 0.717) is 99.4 Å². The van der Waals surface area contributed by atoms with Crippen molar-refractivity contribution in [1.29, 1.82) is 0 Å². The molecule has 0 unspecified atom stereocenters. The fourth-order valence-electron chi connectivity index (χ4n) is 15.3. The van der Waals surface area contributed by atoms with Gasteiger partial charge in [0.1, 0.15) is 5.58 Å². The topological polar surface area (TPSA) is 90.5 Å². The van der Waals surface area contributed by atoms with Crippen molar-refractivity contribution in [3.05, 3.63) is 444 Å².